The van der Waals surface area contributed by atoms with Gasteiger partial charge >= 0.3 is 11.9 Å². The maximum absolute atomic E-state index is 10.5. The van der Waals surface area contributed by atoms with Crippen LogP contribution in [-0.4, -0.2) is 11.9 Å². The molecule has 56 valence electrons. The van der Waals surface area contributed by atoms with Gasteiger partial charge in [-0.3, -0.25) is 9.59 Å². The van der Waals surface area contributed by atoms with Crippen molar-refractivity contribution < 1.29 is 18.0 Å². The molecule has 10 heavy (non-hydrogen) atoms. The zero-order valence-electron chi connectivity index (χ0n) is 5.16. The summed E-state index contributed by atoms with van der Waals surface area (Å²) in [5, 5.41) is 0. The Morgan fingerprint density at radius 3 is 2.10 bits per heavy atom. The molecule has 1 aliphatic heterocycles. The van der Waals surface area contributed by atoms with Gasteiger partial charge in [0.1, 0.15) is 0 Å². The van der Waals surface area contributed by atoms with E-state index in [2.05, 4.69) is 8.37 Å². The molecule has 0 saturated carbocycles. The summed E-state index contributed by atoms with van der Waals surface area (Å²) in [5.41, 5.74) is 0. The summed E-state index contributed by atoms with van der Waals surface area (Å²) in [7, 11) is 0. The van der Waals surface area contributed by atoms with Gasteiger partial charge in [0, 0.05) is 12.8 Å². The van der Waals surface area contributed by atoms with Crippen molar-refractivity contribution >= 4 is 24.3 Å². The molecule has 0 atom stereocenters. The first kappa shape index (κ1) is 7.40. The van der Waals surface area contributed by atoms with Gasteiger partial charge in [0.2, 0.25) is 0 Å². The maximum atomic E-state index is 10.5. The molecule has 1 rings (SSSR count). The molecule has 0 aromatic carbocycles. The summed E-state index contributed by atoms with van der Waals surface area (Å²) in [6, 6.07) is 0. The summed E-state index contributed by atoms with van der Waals surface area (Å²) in [4.78, 5) is 21.0. The minimum Gasteiger partial charge on any atom is -0.355 e. The monoisotopic (exact) mass is 162 g/mol. The van der Waals surface area contributed by atoms with Crippen LogP contribution < -0.4 is 0 Å². The lowest BCUT2D eigenvalue weighted by Crippen LogP contribution is -2.08. The van der Waals surface area contributed by atoms with E-state index in [0.29, 0.717) is 31.6 Å². The molecule has 0 aromatic heterocycles. The van der Waals surface area contributed by atoms with Crippen molar-refractivity contribution in [2.45, 2.75) is 19.3 Å². The van der Waals surface area contributed by atoms with Gasteiger partial charge in [0.05, 0.1) is 0 Å². The Labute approximate surface area is 62.3 Å². The van der Waals surface area contributed by atoms with Gasteiger partial charge in [-0.2, -0.15) is 0 Å². The van der Waals surface area contributed by atoms with E-state index in [1.807, 2.05) is 0 Å². The van der Waals surface area contributed by atoms with Crippen molar-refractivity contribution in [2.24, 2.45) is 0 Å². The molecule has 0 unspecified atom stereocenters. The van der Waals surface area contributed by atoms with Gasteiger partial charge in [-0.15, -0.1) is 0 Å². The number of hydrogen-bond acceptors (Lipinski definition) is 5. The van der Waals surface area contributed by atoms with Crippen molar-refractivity contribution in [3.63, 3.8) is 0 Å². The Balaban J connectivity index is 2.34. The largest absolute Gasteiger partial charge is 0.355 e. The van der Waals surface area contributed by atoms with E-state index in [4.69, 9.17) is 0 Å². The van der Waals surface area contributed by atoms with Crippen LogP contribution in [0, 0.1) is 0 Å². The smallest absolute Gasteiger partial charge is 0.320 e. The standard InChI is InChI=1S/C5H6O4S/c6-4-2-1-3-5(7)9-10-8-4/h1-3H2. The molecule has 1 heterocycles. The van der Waals surface area contributed by atoms with Crippen molar-refractivity contribution in [3.05, 3.63) is 0 Å². The zero-order chi connectivity index (χ0) is 7.40. The lowest BCUT2D eigenvalue weighted by molar-refractivity contribution is -0.138. The van der Waals surface area contributed by atoms with Gasteiger partial charge in [-0.1, -0.05) is 0 Å². The maximum Gasteiger partial charge on any atom is 0.320 e. The molecule has 0 aliphatic carbocycles. The number of carbonyl (C=O) groups is 2. The third-order valence-corrected chi connectivity index (χ3v) is 1.52. The highest BCUT2D eigenvalue weighted by Crippen LogP contribution is 2.14. The fraction of sp³-hybridized carbons (Fsp3) is 0.600. The molecule has 1 fully saturated rings. The zero-order valence-corrected chi connectivity index (χ0v) is 5.98. The van der Waals surface area contributed by atoms with Crippen molar-refractivity contribution in [1.82, 2.24) is 0 Å². The van der Waals surface area contributed by atoms with Gasteiger partial charge in [-0.25, -0.2) is 0 Å². The van der Waals surface area contributed by atoms with E-state index in [1.165, 1.54) is 0 Å². The van der Waals surface area contributed by atoms with Gasteiger partial charge in [-0.05, 0) is 6.42 Å². The van der Waals surface area contributed by atoms with Gasteiger partial charge < -0.3 is 8.37 Å². The quantitative estimate of drug-likeness (QED) is 0.493. The average molecular weight is 162 g/mol. The molecule has 0 N–H and O–H groups in total. The second-order valence-corrected chi connectivity index (χ2v) is 2.30. The Morgan fingerprint density at radius 1 is 1.10 bits per heavy atom. The normalized spacial score (nSPS) is 20.4. The van der Waals surface area contributed by atoms with E-state index in [9.17, 15) is 9.59 Å². The van der Waals surface area contributed by atoms with E-state index >= 15 is 0 Å². The van der Waals surface area contributed by atoms with Crippen LogP contribution >= 0.6 is 12.3 Å². The van der Waals surface area contributed by atoms with Crippen LogP contribution in [-0.2, 0) is 18.0 Å². The Kier molecular flexibility index (Phi) is 2.56. The molecule has 1 saturated heterocycles. The van der Waals surface area contributed by atoms with Crippen LogP contribution in [0.5, 0.6) is 0 Å². The van der Waals surface area contributed by atoms with Crippen molar-refractivity contribution in [1.29, 1.82) is 0 Å². The molecule has 5 heteroatoms. The predicted molar refractivity (Wildman–Crippen MR) is 33.6 cm³/mol. The Hall–Kier alpha value is -0.710. The average Bonchev–Trinajstić information content (AvgIpc) is 1.84. The lowest BCUT2D eigenvalue weighted by atomic mass is 10.2. The highest BCUT2D eigenvalue weighted by atomic mass is 32.2. The van der Waals surface area contributed by atoms with Crippen LogP contribution in [0.25, 0.3) is 0 Å². The molecule has 0 radical (unpaired) electrons. The predicted octanol–water partition coefficient (Wildman–Crippen LogP) is 0.820. The first-order valence-corrected chi connectivity index (χ1v) is 3.52. The number of hydrogen-bond donors (Lipinski definition) is 0. The molecule has 0 amide bonds. The second kappa shape index (κ2) is 3.46. The fourth-order valence-electron chi connectivity index (χ4n) is 0.553. The van der Waals surface area contributed by atoms with Crippen LogP contribution in [0.2, 0.25) is 0 Å². The molecule has 1 aliphatic rings. The lowest BCUT2D eigenvalue weighted by Gasteiger charge is -2.05. The summed E-state index contributed by atoms with van der Waals surface area (Å²) < 4.78 is 8.78. The summed E-state index contributed by atoms with van der Waals surface area (Å²) >= 11 is 0.446. The summed E-state index contributed by atoms with van der Waals surface area (Å²) in [6.45, 7) is 0. The van der Waals surface area contributed by atoms with Crippen molar-refractivity contribution in [3.8, 4) is 0 Å². The van der Waals surface area contributed by atoms with Crippen LogP contribution in [0.4, 0.5) is 0 Å². The number of rotatable bonds is 0. The fourth-order valence-corrected chi connectivity index (χ4v) is 0.906. The first-order chi connectivity index (χ1) is 4.79. The van der Waals surface area contributed by atoms with Gasteiger partial charge in [0.25, 0.3) is 12.3 Å². The van der Waals surface area contributed by atoms with E-state index < -0.39 is 0 Å². The van der Waals surface area contributed by atoms with Crippen LogP contribution in [0.15, 0.2) is 0 Å². The van der Waals surface area contributed by atoms with Crippen molar-refractivity contribution in [2.75, 3.05) is 0 Å². The van der Waals surface area contributed by atoms with E-state index in [1.54, 1.807) is 0 Å². The summed E-state index contributed by atoms with van der Waals surface area (Å²) in [5.74, 6) is -0.671. The van der Waals surface area contributed by atoms with E-state index in [-0.39, 0.29) is 11.9 Å². The highest BCUT2D eigenvalue weighted by molar-refractivity contribution is 7.90. The minimum atomic E-state index is -0.336. The van der Waals surface area contributed by atoms with E-state index in [0.717, 1.165) is 0 Å². The highest BCUT2D eigenvalue weighted by Gasteiger charge is 2.13. The molecule has 0 spiro atoms. The third kappa shape index (κ3) is 2.26. The molecule has 4 nitrogen and oxygen atoms in total. The molecular formula is C5H6O4S. The molecule has 0 aromatic rings. The molecular weight excluding hydrogens is 156 g/mol. The van der Waals surface area contributed by atoms with Crippen LogP contribution in [0.3, 0.4) is 0 Å². The first-order valence-electron chi connectivity index (χ1n) is 2.86. The van der Waals surface area contributed by atoms with Crippen LogP contribution in [0.1, 0.15) is 19.3 Å². The summed E-state index contributed by atoms with van der Waals surface area (Å²) in [6.07, 6.45) is 1.10. The number of carbonyl (C=O) groups excluding carboxylic acids is 2. The Bertz CT molecular complexity index is 126. The topological polar surface area (TPSA) is 52.6 Å². The van der Waals surface area contributed by atoms with Gasteiger partial charge in [0.15, 0.2) is 0 Å². The SMILES string of the molecule is O=C1CCCC(=O)OSO1. The molecule has 0 bridgehead atoms. The second-order valence-electron chi connectivity index (χ2n) is 1.83. The third-order valence-electron chi connectivity index (χ3n) is 1.02. The Morgan fingerprint density at radius 2 is 1.60 bits per heavy atom. The minimum absolute atomic E-state index is 0.294.